The van der Waals surface area contributed by atoms with Crippen LogP contribution in [0.3, 0.4) is 0 Å². The topological polar surface area (TPSA) is 169 Å². The molecule has 4 heterocycles. The molecule has 4 atom stereocenters. The molecule has 23 heteroatoms. The number of rotatable bonds is 13. The van der Waals surface area contributed by atoms with Gasteiger partial charge in [0.2, 0.25) is 17.4 Å². The maximum atomic E-state index is 15.8. The second-order valence-electron chi connectivity index (χ2n) is 13.6. The molecule has 0 aliphatic carbocycles. The van der Waals surface area contributed by atoms with Crippen molar-refractivity contribution in [2.45, 2.75) is 49.2 Å². The zero-order chi connectivity index (χ0) is 46.8. The van der Waals surface area contributed by atoms with Crippen molar-refractivity contribution in [3.05, 3.63) is 152 Å². The van der Waals surface area contributed by atoms with Crippen molar-refractivity contribution in [3.63, 3.8) is 0 Å². The maximum absolute atomic E-state index is 15.8. The fourth-order valence-corrected chi connectivity index (χ4v) is 7.48. The Bertz CT molecular complexity index is 2690. The van der Waals surface area contributed by atoms with Crippen molar-refractivity contribution in [1.82, 2.24) is 29.9 Å². The highest BCUT2D eigenvalue weighted by Crippen LogP contribution is 2.54. The van der Waals surface area contributed by atoms with Gasteiger partial charge in [0.1, 0.15) is 21.8 Å². The Labute approximate surface area is 378 Å². The summed E-state index contributed by atoms with van der Waals surface area (Å²) in [7, 11) is 1.14. The van der Waals surface area contributed by atoms with Crippen LogP contribution in [0.25, 0.3) is 0 Å². The highest BCUT2D eigenvalue weighted by atomic mass is 35.5. The van der Waals surface area contributed by atoms with Crippen LogP contribution < -0.4 is 9.47 Å². The zero-order valence-electron chi connectivity index (χ0n) is 32.8. The number of halogens is 10. The molecular weight excluding hydrogens is 944 g/mol. The van der Waals surface area contributed by atoms with Gasteiger partial charge >= 0.3 is 24.3 Å². The number of aromatic nitrogens is 6. The summed E-state index contributed by atoms with van der Waals surface area (Å²) in [6, 6.07) is 10.9. The minimum atomic E-state index is -5.40. The molecule has 1 N–H and O–H groups in total. The van der Waals surface area contributed by atoms with Crippen LogP contribution in [-0.4, -0.2) is 66.4 Å². The van der Waals surface area contributed by atoms with E-state index in [0.717, 1.165) is 94.5 Å². The summed E-state index contributed by atoms with van der Waals surface area (Å²) in [5.41, 5.74) is -9.63. The van der Waals surface area contributed by atoms with E-state index < -0.39 is 64.1 Å². The fraction of sp³-hybridized carbons (Fsp3) is 0.220. The SMILES string of the molecule is COC(=O)c1cnc(Oc2ccc(Cl)c(C(C)C(OC(=O)c3cnc(Oc4ccc(Cl)c(C(C)C(O)(c5ccnc(Cl)c5)C(F)(F)F)c4)cn3)(c3ccnc(Cl)c3)C(F)(F)F)c2)cn1. The lowest BCUT2D eigenvalue weighted by atomic mass is 9.77. The molecule has 0 saturated heterocycles. The molecule has 0 fully saturated rings. The third-order valence-electron chi connectivity index (χ3n) is 9.84. The number of ether oxygens (including phenoxy) is 4. The number of hydrogen-bond donors (Lipinski definition) is 1. The molecule has 0 aliphatic rings. The Balaban J connectivity index is 1.30. The smallest absolute Gasteiger partial charge is 0.433 e. The number of nitrogens with zero attached hydrogens (tertiary/aromatic N) is 6. The monoisotopic (exact) mass is 970 g/mol. The van der Waals surface area contributed by atoms with E-state index in [2.05, 4.69) is 34.6 Å². The van der Waals surface area contributed by atoms with Crippen molar-refractivity contribution in [2.24, 2.45) is 0 Å². The van der Waals surface area contributed by atoms with Crippen LogP contribution in [0.4, 0.5) is 26.3 Å². The Morgan fingerprint density at radius 3 is 1.50 bits per heavy atom. The van der Waals surface area contributed by atoms with E-state index in [1.807, 2.05) is 0 Å². The van der Waals surface area contributed by atoms with Crippen molar-refractivity contribution in [1.29, 1.82) is 0 Å². The van der Waals surface area contributed by atoms with Crippen LogP contribution >= 0.6 is 46.4 Å². The first-order valence-electron chi connectivity index (χ1n) is 18.1. The van der Waals surface area contributed by atoms with Gasteiger partial charge in [-0.25, -0.2) is 39.5 Å². The van der Waals surface area contributed by atoms with Crippen LogP contribution in [0.5, 0.6) is 23.3 Å². The molecule has 0 amide bonds. The quantitative estimate of drug-likeness (QED) is 0.0660. The number of alkyl halides is 6. The molecule has 4 unspecified atom stereocenters. The van der Waals surface area contributed by atoms with Gasteiger partial charge < -0.3 is 24.1 Å². The van der Waals surface area contributed by atoms with Crippen molar-refractivity contribution >= 4 is 58.3 Å². The summed E-state index contributed by atoms with van der Waals surface area (Å²) in [5, 5.41) is 10.1. The highest BCUT2D eigenvalue weighted by molar-refractivity contribution is 6.32. The highest BCUT2D eigenvalue weighted by Gasteiger charge is 2.64. The first-order chi connectivity index (χ1) is 30.1. The molecule has 0 saturated carbocycles. The molecule has 0 bridgehead atoms. The molecule has 6 rings (SSSR count). The van der Waals surface area contributed by atoms with Crippen LogP contribution in [0.1, 0.15) is 68.9 Å². The van der Waals surface area contributed by atoms with Crippen molar-refractivity contribution in [3.8, 4) is 23.3 Å². The van der Waals surface area contributed by atoms with E-state index >= 15 is 13.2 Å². The minimum Gasteiger partial charge on any atom is -0.464 e. The number of carbonyl (C=O) groups is 2. The summed E-state index contributed by atoms with van der Waals surface area (Å²) < 4.78 is 112. The van der Waals surface area contributed by atoms with E-state index in [-0.39, 0.29) is 60.4 Å². The molecular formula is C41H28Cl4F6N6O7. The number of esters is 2. The van der Waals surface area contributed by atoms with E-state index in [0.29, 0.717) is 0 Å². The third-order valence-corrected chi connectivity index (χ3v) is 10.9. The summed E-state index contributed by atoms with van der Waals surface area (Å²) in [6.45, 7) is 2.17. The lowest BCUT2D eigenvalue weighted by molar-refractivity contribution is -0.274. The average Bonchev–Trinajstić information content (AvgIpc) is 3.25. The lowest BCUT2D eigenvalue weighted by Crippen LogP contribution is -2.50. The average molecular weight is 973 g/mol. The first kappa shape index (κ1) is 47.6. The van der Waals surface area contributed by atoms with Gasteiger partial charge in [0.15, 0.2) is 17.0 Å². The van der Waals surface area contributed by atoms with E-state index in [1.165, 1.54) is 24.3 Å². The summed E-state index contributed by atoms with van der Waals surface area (Å²) >= 11 is 24.7. The normalized spacial score (nSPS) is 14.7. The largest absolute Gasteiger partial charge is 0.464 e. The first-order valence-corrected chi connectivity index (χ1v) is 19.6. The van der Waals surface area contributed by atoms with Crippen LogP contribution in [0.2, 0.25) is 20.4 Å². The van der Waals surface area contributed by atoms with Crippen molar-refractivity contribution < 1.29 is 60.0 Å². The number of pyridine rings is 2. The maximum Gasteiger partial charge on any atom is 0.433 e. The van der Waals surface area contributed by atoms with Crippen LogP contribution in [-0.2, 0) is 20.7 Å². The molecule has 4 aromatic heterocycles. The van der Waals surface area contributed by atoms with Gasteiger partial charge in [0, 0.05) is 39.8 Å². The van der Waals surface area contributed by atoms with Gasteiger partial charge in [-0.2, -0.15) is 26.3 Å². The second kappa shape index (κ2) is 18.7. The Morgan fingerprint density at radius 2 is 1.06 bits per heavy atom. The summed E-state index contributed by atoms with van der Waals surface area (Å²) in [5.74, 6) is -6.76. The summed E-state index contributed by atoms with van der Waals surface area (Å²) in [4.78, 5) is 48.7. The van der Waals surface area contributed by atoms with E-state index in [1.54, 1.807) is 0 Å². The third kappa shape index (κ3) is 9.63. The molecule has 0 spiro atoms. The molecule has 0 aliphatic heterocycles. The van der Waals surface area contributed by atoms with Gasteiger partial charge in [0.05, 0.1) is 31.9 Å². The molecule has 13 nitrogen and oxygen atoms in total. The lowest BCUT2D eigenvalue weighted by Gasteiger charge is -2.40. The van der Waals surface area contributed by atoms with Crippen LogP contribution in [0, 0.1) is 0 Å². The van der Waals surface area contributed by atoms with Gasteiger partial charge in [-0.05, 0) is 77.4 Å². The molecule has 334 valence electrons. The summed E-state index contributed by atoms with van der Waals surface area (Å²) in [6.07, 6.45) is -4.93. The predicted octanol–water partition coefficient (Wildman–Crippen LogP) is 11.0. The molecule has 0 radical (unpaired) electrons. The zero-order valence-corrected chi connectivity index (χ0v) is 35.8. The van der Waals surface area contributed by atoms with E-state index in [4.69, 9.17) is 60.6 Å². The fourth-order valence-electron chi connectivity index (χ4n) is 6.57. The number of carbonyl (C=O) groups excluding carboxylic acids is 2. The second-order valence-corrected chi connectivity index (χ2v) is 15.2. The van der Waals surface area contributed by atoms with Gasteiger partial charge in [-0.3, -0.25) is 0 Å². The Hall–Kier alpha value is -5.86. The van der Waals surface area contributed by atoms with E-state index in [9.17, 15) is 27.9 Å². The Morgan fingerprint density at radius 1 is 0.594 bits per heavy atom. The van der Waals surface area contributed by atoms with Crippen LogP contribution in [0.15, 0.2) is 97.8 Å². The van der Waals surface area contributed by atoms with Gasteiger partial charge in [-0.15, -0.1) is 0 Å². The molecule has 64 heavy (non-hydrogen) atoms. The minimum absolute atomic E-state index is 0.0695. The van der Waals surface area contributed by atoms with Gasteiger partial charge in [-0.1, -0.05) is 60.3 Å². The predicted molar refractivity (Wildman–Crippen MR) is 217 cm³/mol. The molecule has 6 aromatic rings. The number of benzene rings is 2. The standard InChI is InChI=1S/C41H28Cl4F6N6O7/c1-20(38(60,40(46,47)48)22-8-10-52-32(44)12-22)26-14-24(4-6-28(26)42)62-35-19-55-31(17-57-35)37(59)64-39(41(49,50)51,23-9-11-53-33(45)13-23)21(2)27-15-25(5-7-29(27)43)63-34-18-54-30(16-56-34)36(58)61-3/h4-21,60H,1-3H3. The number of aliphatic hydroxyl groups is 1. The Kier molecular flexibility index (Phi) is 13.9. The van der Waals surface area contributed by atoms with Gasteiger partial charge in [0.25, 0.3) is 0 Å². The molecule has 2 aromatic carbocycles. The van der Waals surface area contributed by atoms with Crippen molar-refractivity contribution in [2.75, 3.05) is 7.11 Å². The number of methoxy groups -OCH3 is 1. The number of hydrogen-bond acceptors (Lipinski definition) is 13.